The number of carbonyl (C=O) groups excluding carboxylic acids is 2. The van der Waals surface area contributed by atoms with Crippen molar-refractivity contribution in [2.75, 3.05) is 5.75 Å². The molecule has 178 valence electrons. The molecule has 0 bridgehead atoms. The first-order valence-corrected chi connectivity index (χ1v) is 13.5. The lowest BCUT2D eigenvalue weighted by Gasteiger charge is -2.31. The molecule has 1 fully saturated rings. The molecule has 0 spiro atoms. The van der Waals surface area contributed by atoms with E-state index in [-0.39, 0.29) is 17.9 Å². The van der Waals surface area contributed by atoms with Crippen molar-refractivity contribution in [3.63, 3.8) is 0 Å². The van der Waals surface area contributed by atoms with Gasteiger partial charge in [-0.05, 0) is 55.0 Å². The highest BCUT2D eigenvalue weighted by molar-refractivity contribution is 7.99. The minimum atomic E-state index is -0.522. The highest BCUT2D eigenvalue weighted by Gasteiger charge is 2.30. The number of rotatable bonds is 10. The second-order valence-corrected chi connectivity index (χ2v) is 10.4. The molecule has 3 rings (SSSR count). The minimum Gasteiger partial charge on any atom is -0.352 e. The molecule has 33 heavy (non-hydrogen) atoms. The molecule has 0 saturated heterocycles. The molecule has 7 heteroatoms. The quantitative estimate of drug-likeness (QED) is 0.405. The van der Waals surface area contributed by atoms with Gasteiger partial charge in [0.2, 0.25) is 11.8 Å². The highest BCUT2D eigenvalue weighted by Crippen LogP contribution is 2.25. The van der Waals surface area contributed by atoms with E-state index in [0.717, 1.165) is 37.0 Å². The van der Waals surface area contributed by atoms with Gasteiger partial charge in [0.25, 0.3) is 0 Å². The Labute approximate surface area is 211 Å². The second kappa shape index (κ2) is 12.7. The molecule has 0 aliphatic heterocycles. The Morgan fingerprint density at radius 1 is 1.12 bits per heavy atom. The number of carbonyl (C=O) groups is 2. The van der Waals surface area contributed by atoms with E-state index in [0.29, 0.717) is 28.8 Å². The van der Waals surface area contributed by atoms with Gasteiger partial charge in [-0.3, -0.25) is 9.59 Å². The van der Waals surface area contributed by atoms with Crippen molar-refractivity contribution in [3.05, 3.63) is 69.2 Å². The predicted octanol–water partition coefficient (Wildman–Crippen LogP) is 6.40. The lowest BCUT2D eigenvalue weighted by atomic mass is 10.1. The molecule has 4 nitrogen and oxygen atoms in total. The third-order valence-corrected chi connectivity index (χ3v) is 7.87. The van der Waals surface area contributed by atoms with Crippen molar-refractivity contribution >= 4 is 46.8 Å². The fourth-order valence-corrected chi connectivity index (χ4v) is 5.53. The number of hydrogen-bond donors (Lipinski definition) is 1. The van der Waals surface area contributed by atoms with Crippen LogP contribution in [0.3, 0.4) is 0 Å². The van der Waals surface area contributed by atoms with E-state index in [4.69, 9.17) is 23.2 Å². The summed E-state index contributed by atoms with van der Waals surface area (Å²) in [6.07, 6.45) is 4.85. The maximum absolute atomic E-state index is 13.4. The summed E-state index contributed by atoms with van der Waals surface area (Å²) in [6, 6.07) is 13.2. The Morgan fingerprint density at radius 3 is 2.52 bits per heavy atom. The molecule has 1 atom stereocenters. The number of nitrogens with zero attached hydrogens (tertiary/aromatic N) is 1. The van der Waals surface area contributed by atoms with Crippen LogP contribution in [0.15, 0.2) is 42.5 Å². The Bertz CT molecular complexity index is 963. The van der Waals surface area contributed by atoms with Gasteiger partial charge in [0.1, 0.15) is 6.04 Å². The molecule has 1 N–H and O–H groups in total. The minimum absolute atomic E-state index is 0.0481. The van der Waals surface area contributed by atoms with Crippen LogP contribution in [0.2, 0.25) is 10.0 Å². The normalized spacial score (nSPS) is 14.8. The van der Waals surface area contributed by atoms with Crippen LogP contribution in [0.4, 0.5) is 0 Å². The van der Waals surface area contributed by atoms with E-state index in [1.165, 1.54) is 11.1 Å². The molecule has 2 amide bonds. The summed E-state index contributed by atoms with van der Waals surface area (Å²) in [6.45, 7) is 4.35. The summed E-state index contributed by atoms with van der Waals surface area (Å²) in [5, 5.41) is 4.09. The number of hydrogen-bond acceptors (Lipinski definition) is 3. The number of halogens is 2. The smallest absolute Gasteiger partial charge is 0.243 e. The second-order valence-electron chi connectivity index (χ2n) is 8.60. The first-order valence-electron chi connectivity index (χ1n) is 11.5. The van der Waals surface area contributed by atoms with Gasteiger partial charge in [-0.25, -0.2) is 0 Å². The van der Waals surface area contributed by atoms with Gasteiger partial charge in [-0.15, -0.1) is 11.8 Å². The number of amides is 2. The molecule has 1 saturated carbocycles. The lowest BCUT2D eigenvalue weighted by molar-refractivity contribution is -0.139. The molecular formula is C26H32Cl2N2O2S. The van der Waals surface area contributed by atoms with Gasteiger partial charge in [0.05, 0.1) is 15.8 Å². The van der Waals surface area contributed by atoms with Crippen molar-refractivity contribution in [1.82, 2.24) is 10.2 Å². The SMILES string of the molecule is CC[C@H](C(=O)NC1CCCC1)N(Cc1ccc(Cl)c(Cl)c1)C(=O)CSCc1ccccc1C. The van der Waals surface area contributed by atoms with Crippen LogP contribution in [0, 0.1) is 6.92 Å². The van der Waals surface area contributed by atoms with Crippen LogP contribution >= 0.6 is 35.0 Å². The Balaban J connectivity index is 1.73. The van der Waals surface area contributed by atoms with Crippen molar-refractivity contribution in [2.45, 2.75) is 70.3 Å². The van der Waals surface area contributed by atoms with Gasteiger partial charge >= 0.3 is 0 Å². The summed E-state index contributed by atoms with van der Waals surface area (Å²) in [7, 11) is 0. The number of nitrogens with one attached hydrogen (secondary N) is 1. The molecule has 0 aromatic heterocycles. The lowest BCUT2D eigenvalue weighted by Crippen LogP contribution is -2.51. The zero-order valence-corrected chi connectivity index (χ0v) is 21.6. The molecule has 0 heterocycles. The van der Waals surface area contributed by atoms with Gasteiger partial charge < -0.3 is 10.2 Å². The van der Waals surface area contributed by atoms with Crippen molar-refractivity contribution < 1.29 is 9.59 Å². The molecule has 0 radical (unpaired) electrons. The van der Waals surface area contributed by atoms with Crippen LogP contribution in [0.5, 0.6) is 0 Å². The van der Waals surface area contributed by atoms with Gasteiger partial charge in [0.15, 0.2) is 0 Å². The van der Waals surface area contributed by atoms with E-state index in [1.807, 2.05) is 25.1 Å². The first kappa shape index (κ1) is 25.9. The van der Waals surface area contributed by atoms with Crippen molar-refractivity contribution in [2.24, 2.45) is 0 Å². The average molecular weight is 508 g/mol. The predicted molar refractivity (Wildman–Crippen MR) is 139 cm³/mol. The van der Waals surface area contributed by atoms with Gasteiger partial charge in [-0.1, -0.05) is 73.3 Å². The van der Waals surface area contributed by atoms with Gasteiger partial charge in [0, 0.05) is 18.3 Å². The molecule has 1 aliphatic carbocycles. The average Bonchev–Trinajstić information content (AvgIpc) is 3.30. The topological polar surface area (TPSA) is 49.4 Å². The summed E-state index contributed by atoms with van der Waals surface area (Å²) in [5.41, 5.74) is 3.29. The van der Waals surface area contributed by atoms with Crippen LogP contribution in [0.1, 0.15) is 55.7 Å². The van der Waals surface area contributed by atoms with Crippen LogP contribution < -0.4 is 5.32 Å². The monoisotopic (exact) mass is 506 g/mol. The third-order valence-electron chi connectivity index (χ3n) is 6.17. The van der Waals surface area contributed by atoms with Crippen LogP contribution in [-0.4, -0.2) is 34.6 Å². The van der Waals surface area contributed by atoms with E-state index in [2.05, 4.69) is 24.4 Å². The zero-order chi connectivity index (χ0) is 23.8. The van der Waals surface area contributed by atoms with Crippen LogP contribution in [0.25, 0.3) is 0 Å². The molecule has 0 unspecified atom stereocenters. The van der Waals surface area contributed by atoms with E-state index in [1.54, 1.807) is 28.8 Å². The van der Waals surface area contributed by atoms with Crippen molar-refractivity contribution in [3.8, 4) is 0 Å². The standard InChI is InChI=1S/C26H32Cl2N2O2S/c1-3-24(26(32)29-21-10-6-7-11-21)30(15-19-12-13-22(27)23(28)14-19)25(31)17-33-16-20-9-5-4-8-18(20)2/h4-5,8-9,12-14,21,24H,3,6-7,10-11,15-17H2,1-2H3,(H,29,32)/t24-/m1/s1. The fraction of sp³-hybridized carbons (Fsp3) is 0.462. The first-order chi connectivity index (χ1) is 15.9. The summed E-state index contributed by atoms with van der Waals surface area (Å²) in [4.78, 5) is 28.3. The number of benzene rings is 2. The molecule has 2 aromatic carbocycles. The number of aryl methyl sites for hydroxylation is 1. The Morgan fingerprint density at radius 2 is 1.85 bits per heavy atom. The zero-order valence-electron chi connectivity index (χ0n) is 19.3. The molecule has 2 aromatic rings. The summed E-state index contributed by atoms with van der Waals surface area (Å²) >= 11 is 13.9. The maximum atomic E-state index is 13.4. The third kappa shape index (κ3) is 7.40. The van der Waals surface area contributed by atoms with E-state index >= 15 is 0 Å². The molecule has 1 aliphatic rings. The van der Waals surface area contributed by atoms with Gasteiger partial charge in [-0.2, -0.15) is 0 Å². The highest BCUT2D eigenvalue weighted by atomic mass is 35.5. The van der Waals surface area contributed by atoms with Crippen LogP contribution in [-0.2, 0) is 21.9 Å². The Hall–Kier alpha value is -1.69. The summed E-state index contributed by atoms with van der Waals surface area (Å²) < 4.78 is 0. The maximum Gasteiger partial charge on any atom is 0.243 e. The van der Waals surface area contributed by atoms with E-state index < -0.39 is 6.04 Å². The number of thioether (sulfide) groups is 1. The summed E-state index contributed by atoms with van der Waals surface area (Å²) in [5.74, 6) is 0.947. The largest absolute Gasteiger partial charge is 0.352 e. The fourth-order valence-electron chi connectivity index (χ4n) is 4.22. The van der Waals surface area contributed by atoms with Crippen molar-refractivity contribution in [1.29, 1.82) is 0 Å². The molecular weight excluding hydrogens is 475 g/mol. The Kier molecular flexibility index (Phi) is 9.96. The van der Waals surface area contributed by atoms with E-state index in [9.17, 15) is 9.59 Å².